The Morgan fingerprint density at radius 1 is 1.29 bits per heavy atom. The van der Waals surface area contributed by atoms with Crippen LogP contribution in [-0.4, -0.2) is 23.8 Å². The third-order valence-electron chi connectivity index (χ3n) is 4.04. The number of carbonyl (C=O) groups excluding carboxylic acids is 1. The number of rotatable bonds is 6. The first-order chi connectivity index (χ1) is 10.1. The molecule has 0 radical (unpaired) electrons. The smallest absolute Gasteiger partial charge is 0.319 e. The number of urea groups is 1. The number of carbonyl (C=O) groups is 1. The van der Waals surface area contributed by atoms with E-state index in [4.69, 9.17) is 4.74 Å². The molecule has 1 aromatic rings. The topological polar surface area (TPSA) is 70.6 Å². The quantitative estimate of drug-likeness (QED) is 0.755. The number of nitrogens with one attached hydrogen (secondary N) is 2. The summed E-state index contributed by atoms with van der Waals surface area (Å²) in [6, 6.07) is 5.47. The lowest BCUT2D eigenvalue weighted by atomic mass is 9.97. The van der Waals surface area contributed by atoms with E-state index in [9.17, 15) is 9.90 Å². The summed E-state index contributed by atoms with van der Waals surface area (Å²) in [4.78, 5) is 11.9. The van der Waals surface area contributed by atoms with Crippen molar-refractivity contribution in [2.45, 2.75) is 46.0 Å². The lowest BCUT2D eigenvalue weighted by Gasteiger charge is -2.20. The van der Waals surface area contributed by atoms with E-state index in [1.54, 1.807) is 0 Å². The number of fused-ring (bicyclic) bond motifs is 1. The Morgan fingerprint density at radius 3 is 2.71 bits per heavy atom. The number of aliphatic hydroxyl groups excluding tert-OH is 1. The molecular weight excluding hydrogens is 268 g/mol. The van der Waals surface area contributed by atoms with Crippen LogP contribution >= 0.6 is 0 Å². The Kier molecular flexibility index (Phi) is 5.59. The number of aliphatic hydroxyl groups is 1. The van der Waals surface area contributed by atoms with Crippen LogP contribution in [0.15, 0.2) is 18.2 Å². The van der Waals surface area contributed by atoms with Crippen LogP contribution in [0.3, 0.4) is 0 Å². The van der Waals surface area contributed by atoms with Gasteiger partial charge < -0.3 is 20.5 Å². The standard InChI is InChI=1S/C16H24N2O3/c1-3-11(4-2)15(19)8-17-16(20)18-14-6-5-12-9-21-10-13(12)7-14/h5-7,11,15,19H,3-4,8-10H2,1-2H3,(H2,17,18,20). The van der Waals surface area contributed by atoms with Gasteiger partial charge in [0.1, 0.15) is 0 Å². The van der Waals surface area contributed by atoms with E-state index in [1.807, 2.05) is 32.0 Å². The second-order valence-corrected chi connectivity index (χ2v) is 5.46. The van der Waals surface area contributed by atoms with Crippen molar-refractivity contribution in [3.63, 3.8) is 0 Å². The minimum absolute atomic E-state index is 0.224. The van der Waals surface area contributed by atoms with Gasteiger partial charge in [0.2, 0.25) is 0 Å². The van der Waals surface area contributed by atoms with Gasteiger partial charge in [0.05, 0.1) is 19.3 Å². The molecule has 0 aliphatic carbocycles. The maximum atomic E-state index is 11.9. The van der Waals surface area contributed by atoms with Gasteiger partial charge in [-0.3, -0.25) is 0 Å². The van der Waals surface area contributed by atoms with Gasteiger partial charge in [0, 0.05) is 12.2 Å². The van der Waals surface area contributed by atoms with Gasteiger partial charge in [0.25, 0.3) is 0 Å². The van der Waals surface area contributed by atoms with E-state index in [2.05, 4.69) is 10.6 Å². The minimum Gasteiger partial charge on any atom is -0.391 e. The third kappa shape index (κ3) is 4.19. The molecular formula is C16H24N2O3. The first-order valence-electron chi connectivity index (χ1n) is 7.56. The Hall–Kier alpha value is -1.59. The van der Waals surface area contributed by atoms with Gasteiger partial charge in [-0.1, -0.05) is 32.8 Å². The van der Waals surface area contributed by atoms with E-state index in [0.29, 0.717) is 13.2 Å². The van der Waals surface area contributed by atoms with Crippen LogP contribution in [-0.2, 0) is 18.0 Å². The predicted octanol–water partition coefficient (Wildman–Crippen LogP) is 2.64. The fourth-order valence-corrected chi connectivity index (χ4v) is 2.62. The molecule has 0 spiro atoms. The van der Waals surface area contributed by atoms with Crippen LogP contribution in [0.25, 0.3) is 0 Å². The summed E-state index contributed by atoms with van der Waals surface area (Å²) in [7, 11) is 0. The Morgan fingerprint density at radius 2 is 2.00 bits per heavy atom. The lowest BCUT2D eigenvalue weighted by molar-refractivity contribution is 0.104. The summed E-state index contributed by atoms with van der Waals surface area (Å²) < 4.78 is 5.34. The van der Waals surface area contributed by atoms with E-state index in [-0.39, 0.29) is 18.5 Å². The maximum Gasteiger partial charge on any atom is 0.319 e. The van der Waals surface area contributed by atoms with E-state index < -0.39 is 6.10 Å². The summed E-state index contributed by atoms with van der Waals surface area (Å²) in [5, 5.41) is 15.5. The molecule has 5 heteroatoms. The van der Waals surface area contributed by atoms with Gasteiger partial charge in [-0.25, -0.2) is 4.79 Å². The first-order valence-corrected chi connectivity index (χ1v) is 7.56. The highest BCUT2D eigenvalue weighted by molar-refractivity contribution is 5.89. The number of benzene rings is 1. The zero-order valence-electron chi connectivity index (χ0n) is 12.7. The summed E-state index contributed by atoms with van der Waals surface area (Å²) in [5.74, 6) is 0.224. The van der Waals surface area contributed by atoms with Crippen molar-refractivity contribution in [3.8, 4) is 0 Å². The molecule has 0 bridgehead atoms. The largest absolute Gasteiger partial charge is 0.391 e. The lowest BCUT2D eigenvalue weighted by Crippen LogP contribution is -2.38. The van der Waals surface area contributed by atoms with Crippen LogP contribution in [0.5, 0.6) is 0 Å². The molecule has 1 aliphatic heterocycles. The first kappa shape index (κ1) is 15.8. The normalized spacial score (nSPS) is 14.9. The molecule has 2 amide bonds. The Balaban J connectivity index is 1.82. The molecule has 1 aromatic carbocycles. The molecule has 0 aromatic heterocycles. The molecule has 0 fully saturated rings. The highest BCUT2D eigenvalue weighted by atomic mass is 16.5. The Labute approximate surface area is 125 Å². The number of hydrogen-bond acceptors (Lipinski definition) is 3. The van der Waals surface area contributed by atoms with Crippen LogP contribution in [0.2, 0.25) is 0 Å². The Bertz CT molecular complexity index is 486. The molecule has 0 saturated carbocycles. The second-order valence-electron chi connectivity index (χ2n) is 5.46. The summed E-state index contributed by atoms with van der Waals surface area (Å²) in [6.45, 7) is 5.60. The fraction of sp³-hybridized carbons (Fsp3) is 0.562. The van der Waals surface area contributed by atoms with Gasteiger partial charge in [-0.05, 0) is 29.2 Å². The molecule has 2 rings (SSSR count). The van der Waals surface area contributed by atoms with Gasteiger partial charge in [0.15, 0.2) is 0 Å². The van der Waals surface area contributed by atoms with Gasteiger partial charge >= 0.3 is 6.03 Å². The van der Waals surface area contributed by atoms with Gasteiger partial charge in [-0.2, -0.15) is 0 Å². The summed E-state index contributed by atoms with van der Waals surface area (Å²) >= 11 is 0. The molecule has 1 atom stereocenters. The zero-order chi connectivity index (χ0) is 15.2. The highest BCUT2D eigenvalue weighted by Gasteiger charge is 2.16. The molecule has 0 saturated heterocycles. The molecule has 5 nitrogen and oxygen atoms in total. The summed E-state index contributed by atoms with van der Waals surface area (Å²) in [6.07, 6.45) is 1.32. The SMILES string of the molecule is CCC(CC)C(O)CNC(=O)Nc1ccc2c(c1)COC2. The zero-order valence-corrected chi connectivity index (χ0v) is 12.7. The minimum atomic E-state index is -0.501. The number of hydrogen-bond donors (Lipinski definition) is 3. The molecule has 1 heterocycles. The van der Waals surface area contributed by atoms with Gasteiger partial charge in [-0.15, -0.1) is 0 Å². The molecule has 21 heavy (non-hydrogen) atoms. The van der Waals surface area contributed by atoms with Crippen molar-refractivity contribution in [1.82, 2.24) is 5.32 Å². The third-order valence-corrected chi connectivity index (χ3v) is 4.04. The van der Waals surface area contributed by atoms with E-state index >= 15 is 0 Å². The maximum absolute atomic E-state index is 11.9. The molecule has 3 N–H and O–H groups in total. The molecule has 1 unspecified atom stereocenters. The van der Waals surface area contributed by atoms with Crippen molar-refractivity contribution < 1.29 is 14.6 Å². The van der Waals surface area contributed by atoms with Crippen LogP contribution in [0.1, 0.15) is 37.8 Å². The van der Waals surface area contributed by atoms with Crippen molar-refractivity contribution in [1.29, 1.82) is 0 Å². The van der Waals surface area contributed by atoms with E-state index in [0.717, 1.165) is 24.1 Å². The van der Waals surface area contributed by atoms with Crippen molar-refractivity contribution in [2.24, 2.45) is 5.92 Å². The van der Waals surface area contributed by atoms with Crippen molar-refractivity contribution >= 4 is 11.7 Å². The van der Waals surface area contributed by atoms with Crippen molar-refractivity contribution in [3.05, 3.63) is 29.3 Å². The molecule has 116 valence electrons. The van der Waals surface area contributed by atoms with E-state index in [1.165, 1.54) is 5.56 Å². The number of anilines is 1. The average molecular weight is 292 g/mol. The second kappa shape index (κ2) is 7.43. The van der Waals surface area contributed by atoms with Crippen molar-refractivity contribution in [2.75, 3.05) is 11.9 Å². The molecule has 1 aliphatic rings. The van der Waals surface area contributed by atoms with Crippen LogP contribution in [0, 0.1) is 5.92 Å². The monoisotopic (exact) mass is 292 g/mol. The fourth-order valence-electron chi connectivity index (χ4n) is 2.62. The summed E-state index contributed by atoms with van der Waals surface area (Å²) in [5.41, 5.74) is 3.03. The highest BCUT2D eigenvalue weighted by Crippen LogP contribution is 2.23. The van der Waals surface area contributed by atoms with Crippen LogP contribution in [0.4, 0.5) is 10.5 Å². The predicted molar refractivity (Wildman–Crippen MR) is 82.0 cm³/mol. The number of amides is 2. The average Bonchev–Trinajstić information content (AvgIpc) is 2.94. The van der Waals surface area contributed by atoms with Crippen LogP contribution < -0.4 is 10.6 Å². The number of ether oxygens (including phenoxy) is 1.